The Kier molecular flexibility index (Phi) is 4.35. The molecule has 94 valence electrons. The Morgan fingerprint density at radius 1 is 1.00 bits per heavy atom. The maximum atomic E-state index is 10.2. The van der Waals surface area contributed by atoms with Crippen LogP contribution in [0.5, 0.6) is 5.75 Å². The minimum Gasteiger partial charge on any atom is -0.508 e. The SMILES string of the molecule is O=CCCCCCc1c(O)ccc2ccccc12. The summed E-state index contributed by atoms with van der Waals surface area (Å²) < 4.78 is 0. The fourth-order valence-corrected chi connectivity index (χ4v) is 2.29. The number of hydrogen-bond acceptors (Lipinski definition) is 2. The van der Waals surface area contributed by atoms with E-state index in [1.54, 1.807) is 6.07 Å². The molecule has 0 radical (unpaired) electrons. The van der Waals surface area contributed by atoms with Crippen LogP contribution in [0.3, 0.4) is 0 Å². The van der Waals surface area contributed by atoms with Crippen molar-refractivity contribution in [1.82, 2.24) is 0 Å². The first kappa shape index (κ1) is 12.6. The number of carbonyl (C=O) groups excluding carboxylic acids is 1. The summed E-state index contributed by atoms with van der Waals surface area (Å²) in [6, 6.07) is 11.8. The van der Waals surface area contributed by atoms with Crippen LogP contribution in [0.2, 0.25) is 0 Å². The number of aryl methyl sites for hydroxylation is 1. The molecule has 2 aromatic rings. The van der Waals surface area contributed by atoms with Gasteiger partial charge in [-0.15, -0.1) is 0 Å². The van der Waals surface area contributed by atoms with Crippen molar-refractivity contribution in [3.8, 4) is 5.75 Å². The molecule has 0 saturated heterocycles. The van der Waals surface area contributed by atoms with Gasteiger partial charge in [-0.3, -0.25) is 0 Å². The minimum absolute atomic E-state index is 0.379. The predicted molar refractivity (Wildman–Crippen MR) is 73.8 cm³/mol. The van der Waals surface area contributed by atoms with Gasteiger partial charge in [0, 0.05) is 12.0 Å². The highest BCUT2D eigenvalue weighted by Crippen LogP contribution is 2.28. The maximum absolute atomic E-state index is 10.2. The van der Waals surface area contributed by atoms with Gasteiger partial charge in [0.05, 0.1) is 0 Å². The van der Waals surface area contributed by atoms with Gasteiger partial charge in [0.1, 0.15) is 12.0 Å². The van der Waals surface area contributed by atoms with Crippen molar-refractivity contribution in [3.63, 3.8) is 0 Å². The quantitative estimate of drug-likeness (QED) is 0.617. The molecule has 18 heavy (non-hydrogen) atoms. The first-order chi connectivity index (χ1) is 8.83. The summed E-state index contributed by atoms with van der Waals surface area (Å²) in [6.07, 6.45) is 5.45. The third-order valence-electron chi connectivity index (χ3n) is 3.26. The van der Waals surface area contributed by atoms with Crippen LogP contribution in [0.15, 0.2) is 36.4 Å². The molecule has 2 heteroatoms. The van der Waals surface area contributed by atoms with Crippen LogP contribution >= 0.6 is 0 Å². The van der Waals surface area contributed by atoms with E-state index in [4.69, 9.17) is 0 Å². The highest BCUT2D eigenvalue weighted by molar-refractivity contribution is 5.87. The second-order valence-corrected chi connectivity index (χ2v) is 4.55. The molecular formula is C16H18O2. The molecule has 0 bridgehead atoms. The predicted octanol–water partition coefficient (Wildman–Crippen LogP) is 3.85. The third kappa shape index (κ3) is 2.89. The first-order valence-electron chi connectivity index (χ1n) is 6.46. The average molecular weight is 242 g/mol. The summed E-state index contributed by atoms with van der Waals surface area (Å²) in [5.41, 5.74) is 1.03. The van der Waals surface area contributed by atoms with Gasteiger partial charge in [-0.05, 0) is 36.1 Å². The molecule has 0 heterocycles. The van der Waals surface area contributed by atoms with Crippen molar-refractivity contribution in [2.75, 3.05) is 0 Å². The first-order valence-corrected chi connectivity index (χ1v) is 6.46. The summed E-state index contributed by atoms with van der Waals surface area (Å²) in [5.74, 6) is 0.379. The molecule has 0 saturated carbocycles. The number of unbranched alkanes of at least 4 members (excludes halogenated alkanes) is 3. The molecular weight excluding hydrogens is 224 g/mol. The van der Waals surface area contributed by atoms with Crippen molar-refractivity contribution in [2.24, 2.45) is 0 Å². The number of carbonyl (C=O) groups is 1. The molecule has 0 spiro atoms. The number of benzene rings is 2. The zero-order chi connectivity index (χ0) is 12.8. The second-order valence-electron chi connectivity index (χ2n) is 4.55. The van der Waals surface area contributed by atoms with Crippen molar-refractivity contribution in [2.45, 2.75) is 32.1 Å². The largest absolute Gasteiger partial charge is 0.508 e. The molecule has 0 aliphatic carbocycles. The van der Waals surface area contributed by atoms with E-state index < -0.39 is 0 Å². The van der Waals surface area contributed by atoms with Gasteiger partial charge in [0.25, 0.3) is 0 Å². The summed E-state index contributed by atoms with van der Waals surface area (Å²) in [7, 11) is 0. The Labute approximate surface area is 107 Å². The Hall–Kier alpha value is -1.83. The fourth-order valence-electron chi connectivity index (χ4n) is 2.29. The Morgan fingerprint density at radius 2 is 1.83 bits per heavy atom. The highest BCUT2D eigenvalue weighted by atomic mass is 16.3. The van der Waals surface area contributed by atoms with Gasteiger partial charge in [-0.1, -0.05) is 36.8 Å². The Morgan fingerprint density at radius 3 is 2.67 bits per heavy atom. The molecule has 0 unspecified atom stereocenters. The zero-order valence-electron chi connectivity index (χ0n) is 10.4. The molecule has 0 aliphatic heterocycles. The zero-order valence-corrected chi connectivity index (χ0v) is 10.4. The van der Waals surface area contributed by atoms with E-state index in [-0.39, 0.29) is 0 Å². The summed E-state index contributed by atoms with van der Waals surface area (Å²) in [5, 5.41) is 12.3. The van der Waals surface area contributed by atoms with E-state index in [0.29, 0.717) is 12.2 Å². The highest BCUT2D eigenvalue weighted by Gasteiger charge is 2.06. The lowest BCUT2D eigenvalue weighted by atomic mass is 9.98. The van der Waals surface area contributed by atoms with Gasteiger partial charge in [0.2, 0.25) is 0 Å². The normalized spacial score (nSPS) is 10.7. The molecule has 1 N–H and O–H groups in total. The lowest BCUT2D eigenvalue weighted by Crippen LogP contribution is -1.90. The van der Waals surface area contributed by atoms with E-state index in [1.807, 2.05) is 18.2 Å². The number of aromatic hydroxyl groups is 1. The maximum Gasteiger partial charge on any atom is 0.119 e. The molecule has 0 aromatic heterocycles. The van der Waals surface area contributed by atoms with E-state index in [9.17, 15) is 9.90 Å². The number of phenolic OH excluding ortho intramolecular Hbond substituents is 1. The van der Waals surface area contributed by atoms with E-state index >= 15 is 0 Å². The van der Waals surface area contributed by atoms with Gasteiger partial charge < -0.3 is 9.90 Å². The number of aldehydes is 1. The van der Waals surface area contributed by atoms with E-state index in [0.717, 1.165) is 48.3 Å². The molecule has 2 nitrogen and oxygen atoms in total. The fraction of sp³-hybridized carbons (Fsp3) is 0.312. The van der Waals surface area contributed by atoms with Crippen molar-refractivity contribution >= 4 is 17.1 Å². The van der Waals surface area contributed by atoms with Crippen LogP contribution in [-0.2, 0) is 11.2 Å². The third-order valence-corrected chi connectivity index (χ3v) is 3.26. The van der Waals surface area contributed by atoms with E-state index in [2.05, 4.69) is 12.1 Å². The van der Waals surface area contributed by atoms with Crippen LogP contribution < -0.4 is 0 Å². The van der Waals surface area contributed by atoms with Crippen LogP contribution in [0.25, 0.3) is 10.8 Å². The molecule has 0 amide bonds. The van der Waals surface area contributed by atoms with Crippen LogP contribution in [-0.4, -0.2) is 11.4 Å². The van der Waals surface area contributed by atoms with Crippen LogP contribution in [0.4, 0.5) is 0 Å². The Bertz CT molecular complexity index is 532. The molecule has 0 fully saturated rings. The van der Waals surface area contributed by atoms with Gasteiger partial charge >= 0.3 is 0 Å². The average Bonchev–Trinajstić information content (AvgIpc) is 2.41. The van der Waals surface area contributed by atoms with Crippen molar-refractivity contribution in [1.29, 1.82) is 0 Å². The number of fused-ring (bicyclic) bond motifs is 1. The van der Waals surface area contributed by atoms with Gasteiger partial charge in [-0.2, -0.15) is 0 Å². The number of phenols is 1. The van der Waals surface area contributed by atoms with Crippen molar-refractivity contribution in [3.05, 3.63) is 42.0 Å². The Balaban J connectivity index is 2.11. The molecule has 0 atom stereocenters. The number of rotatable bonds is 6. The summed E-state index contributed by atoms with van der Waals surface area (Å²) in [6.45, 7) is 0. The molecule has 2 aromatic carbocycles. The minimum atomic E-state index is 0.379. The van der Waals surface area contributed by atoms with Crippen LogP contribution in [0.1, 0.15) is 31.2 Å². The lowest BCUT2D eigenvalue weighted by molar-refractivity contribution is -0.107. The van der Waals surface area contributed by atoms with E-state index in [1.165, 1.54) is 0 Å². The van der Waals surface area contributed by atoms with Crippen molar-refractivity contribution < 1.29 is 9.90 Å². The summed E-state index contributed by atoms with van der Waals surface area (Å²) >= 11 is 0. The van der Waals surface area contributed by atoms with Gasteiger partial charge in [-0.25, -0.2) is 0 Å². The topological polar surface area (TPSA) is 37.3 Å². The van der Waals surface area contributed by atoms with Gasteiger partial charge in [0.15, 0.2) is 0 Å². The number of hydrogen-bond donors (Lipinski definition) is 1. The standard InChI is InChI=1S/C16H18O2/c17-12-6-2-1-3-9-15-14-8-5-4-7-13(14)10-11-16(15)18/h4-5,7-8,10-12,18H,1-3,6,9H2. The lowest BCUT2D eigenvalue weighted by Gasteiger charge is -2.08. The molecule has 2 rings (SSSR count). The smallest absolute Gasteiger partial charge is 0.119 e. The summed E-state index contributed by atoms with van der Waals surface area (Å²) in [4.78, 5) is 10.2. The monoisotopic (exact) mass is 242 g/mol. The second kappa shape index (κ2) is 6.20. The van der Waals surface area contributed by atoms with Crippen LogP contribution in [0, 0.1) is 0 Å². The molecule has 0 aliphatic rings.